The molecule has 3 unspecified atom stereocenters. The molecule has 4 heteroatoms. The third kappa shape index (κ3) is 4.77. The third-order valence-electron chi connectivity index (χ3n) is 6.25. The molecule has 0 aliphatic heterocycles. The van der Waals surface area contributed by atoms with Crippen LogP contribution in [0.2, 0.25) is 0 Å². The van der Waals surface area contributed by atoms with Crippen LogP contribution in [0.1, 0.15) is 49.3 Å². The Morgan fingerprint density at radius 1 is 1.07 bits per heavy atom. The number of aromatic nitrogens is 1. The van der Waals surface area contributed by atoms with Crippen LogP contribution < -0.4 is 16.4 Å². The van der Waals surface area contributed by atoms with Crippen LogP contribution in [0.15, 0.2) is 60.8 Å². The summed E-state index contributed by atoms with van der Waals surface area (Å²) in [6, 6.07) is 19.9. The fourth-order valence-electron chi connectivity index (χ4n) is 4.60. The van der Waals surface area contributed by atoms with Crippen LogP contribution in [-0.4, -0.2) is 24.6 Å². The fourth-order valence-corrected chi connectivity index (χ4v) is 4.60. The summed E-state index contributed by atoms with van der Waals surface area (Å²) in [7, 11) is 0. The lowest BCUT2D eigenvalue weighted by Gasteiger charge is -2.19. The van der Waals surface area contributed by atoms with Crippen molar-refractivity contribution in [2.45, 2.75) is 38.1 Å². The molecule has 1 aliphatic rings. The largest absolute Gasteiger partial charge is 0.369 e. The van der Waals surface area contributed by atoms with Crippen molar-refractivity contribution in [2.75, 3.05) is 25.0 Å². The van der Waals surface area contributed by atoms with Gasteiger partial charge in [-0.25, -0.2) is 4.98 Å². The Balaban J connectivity index is 1.32. The Morgan fingerprint density at radius 2 is 1.93 bits per heavy atom. The zero-order valence-corrected chi connectivity index (χ0v) is 17.3. The molecule has 152 valence electrons. The first-order chi connectivity index (χ1) is 14.2. The lowest BCUT2D eigenvalue weighted by atomic mass is 9.97. The monoisotopic (exact) mass is 388 g/mol. The van der Waals surface area contributed by atoms with Gasteiger partial charge in [0.25, 0.3) is 0 Å². The number of hydrogen-bond acceptors (Lipinski definition) is 4. The second-order valence-electron chi connectivity index (χ2n) is 8.27. The molecular formula is C25H32N4. The third-order valence-corrected chi connectivity index (χ3v) is 6.25. The van der Waals surface area contributed by atoms with Crippen molar-refractivity contribution >= 4 is 16.6 Å². The van der Waals surface area contributed by atoms with E-state index >= 15 is 0 Å². The number of nitrogens with two attached hydrogens (primary N) is 1. The minimum absolute atomic E-state index is 0.356. The van der Waals surface area contributed by atoms with Crippen LogP contribution in [-0.2, 0) is 0 Å². The summed E-state index contributed by atoms with van der Waals surface area (Å²) in [5.74, 6) is 2.28. The van der Waals surface area contributed by atoms with Crippen molar-refractivity contribution in [3.63, 3.8) is 0 Å². The predicted molar refractivity (Wildman–Crippen MR) is 122 cm³/mol. The first-order valence-electron chi connectivity index (χ1n) is 10.9. The molecule has 4 rings (SSSR count). The van der Waals surface area contributed by atoms with Crippen LogP contribution in [0.3, 0.4) is 0 Å². The molecule has 0 bridgehead atoms. The molecule has 1 aliphatic carbocycles. The average molecular weight is 389 g/mol. The summed E-state index contributed by atoms with van der Waals surface area (Å²) in [4.78, 5) is 4.55. The number of anilines is 1. The van der Waals surface area contributed by atoms with Gasteiger partial charge in [-0.05, 0) is 72.5 Å². The van der Waals surface area contributed by atoms with Gasteiger partial charge in [-0.1, -0.05) is 48.5 Å². The molecule has 0 amide bonds. The molecule has 4 N–H and O–H groups in total. The Labute approximate surface area is 173 Å². The van der Waals surface area contributed by atoms with Crippen molar-refractivity contribution in [1.29, 1.82) is 0 Å². The first kappa shape index (κ1) is 19.9. The van der Waals surface area contributed by atoms with Gasteiger partial charge in [-0.3, -0.25) is 0 Å². The van der Waals surface area contributed by atoms with Crippen molar-refractivity contribution in [3.8, 4) is 0 Å². The zero-order valence-electron chi connectivity index (χ0n) is 17.3. The molecule has 0 saturated heterocycles. The molecular weight excluding hydrogens is 356 g/mol. The van der Waals surface area contributed by atoms with Crippen LogP contribution in [0.4, 0.5) is 5.82 Å². The molecule has 1 heterocycles. The standard InChI is InChI=1S/C25H32N4/c1-18(23-8-4-6-20-5-2-3-7-24(20)23)28-16-19-9-10-21(15-19)22-11-12-25(29-17-22)27-14-13-26/h2-8,11-12,17-19,21,28H,9-10,13-16,26H2,1H3,(H,27,29). The molecule has 2 aromatic carbocycles. The average Bonchev–Trinajstić information content (AvgIpc) is 3.25. The van der Waals surface area contributed by atoms with E-state index in [4.69, 9.17) is 5.73 Å². The number of rotatable bonds is 8. The lowest BCUT2D eigenvalue weighted by molar-refractivity contribution is 0.449. The number of fused-ring (bicyclic) bond motifs is 1. The second kappa shape index (κ2) is 9.38. The predicted octanol–water partition coefficient (Wildman–Crippen LogP) is 4.84. The van der Waals surface area contributed by atoms with E-state index < -0.39 is 0 Å². The maximum absolute atomic E-state index is 5.54. The maximum atomic E-state index is 5.54. The lowest BCUT2D eigenvalue weighted by Crippen LogP contribution is -2.24. The molecule has 0 spiro atoms. The van der Waals surface area contributed by atoms with Crippen molar-refractivity contribution in [2.24, 2.45) is 11.7 Å². The minimum Gasteiger partial charge on any atom is -0.369 e. The minimum atomic E-state index is 0.356. The Hall–Kier alpha value is -2.43. The van der Waals surface area contributed by atoms with Gasteiger partial charge in [0, 0.05) is 25.3 Å². The molecule has 29 heavy (non-hydrogen) atoms. The number of hydrogen-bond donors (Lipinski definition) is 3. The van der Waals surface area contributed by atoms with E-state index in [1.54, 1.807) is 0 Å². The fraction of sp³-hybridized carbons (Fsp3) is 0.400. The maximum Gasteiger partial charge on any atom is 0.125 e. The normalized spacial score (nSPS) is 20.1. The smallest absolute Gasteiger partial charge is 0.125 e. The molecule has 3 atom stereocenters. The summed E-state index contributed by atoms with van der Waals surface area (Å²) in [6.07, 6.45) is 5.82. The van der Waals surface area contributed by atoms with Gasteiger partial charge in [0.2, 0.25) is 0 Å². The molecule has 3 aromatic rings. The Morgan fingerprint density at radius 3 is 2.76 bits per heavy atom. The van der Waals surface area contributed by atoms with E-state index in [9.17, 15) is 0 Å². The van der Waals surface area contributed by atoms with Gasteiger partial charge in [-0.15, -0.1) is 0 Å². The molecule has 1 saturated carbocycles. The number of nitrogens with zero attached hydrogens (tertiary/aromatic N) is 1. The summed E-state index contributed by atoms with van der Waals surface area (Å²) < 4.78 is 0. The van der Waals surface area contributed by atoms with Crippen molar-refractivity contribution in [1.82, 2.24) is 10.3 Å². The SMILES string of the molecule is CC(NCC1CCC(c2ccc(NCCN)nc2)C1)c1cccc2ccccc12. The van der Waals surface area contributed by atoms with E-state index in [-0.39, 0.29) is 0 Å². The highest BCUT2D eigenvalue weighted by Gasteiger charge is 2.26. The van der Waals surface area contributed by atoms with Gasteiger partial charge in [-0.2, -0.15) is 0 Å². The molecule has 1 aromatic heterocycles. The van der Waals surface area contributed by atoms with Crippen LogP contribution in [0, 0.1) is 5.92 Å². The molecule has 4 nitrogen and oxygen atoms in total. The highest BCUT2D eigenvalue weighted by atomic mass is 15.0. The summed E-state index contributed by atoms with van der Waals surface area (Å²) in [5, 5.41) is 9.71. The summed E-state index contributed by atoms with van der Waals surface area (Å²) in [6.45, 7) is 4.74. The molecule has 1 fully saturated rings. The van der Waals surface area contributed by atoms with E-state index in [1.165, 1.54) is 41.2 Å². The van der Waals surface area contributed by atoms with Gasteiger partial charge < -0.3 is 16.4 Å². The quantitative estimate of drug-likeness (QED) is 0.517. The van der Waals surface area contributed by atoms with E-state index in [0.29, 0.717) is 18.5 Å². The van der Waals surface area contributed by atoms with Gasteiger partial charge >= 0.3 is 0 Å². The Bertz CT molecular complexity index is 916. The highest BCUT2D eigenvalue weighted by molar-refractivity contribution is 5.86. The highest BCUT2D eigenvalue weighted by Crippen LogP contribution is 2.38. The van der Waals surface area contributed by atoms with Gasteiger partial charge in [0.05, 0.1) is 0 Å². The first-order valence-corrected chi connectivity index (χ1v) is 10.9. The summed E-state index contributed by atoms with van der Waals surface area (Å²) >= 11 is 0. The zero-order chi connectivity index (χ0) is 20.1. The van der Waals surface area contributed by atoms with Crippen molar-refractivity contribution < 1.29 is 0 Å². The summed E-state index contributed by atoms with van der Waals surface area (Å²) in [5.41, 5.74) is 8.30. The molecule has 0 radical (unpaired) electrons. The number of pyridine rings is 1. The second-order valence-corrected chi connectivity index (χ2v) is 8.27. The number of nitrogens with one attached hydrogen (secondary N) is 2. The van der Waals surface area contributed by atoms with Crippen LogP contribution >= 0.6 is 0 Å². The van der Waals surface area contributed by atoms with Crippen molar-refractivity contribution in [3.05, 3.63) is 71.9 Å². The van der Waals surface area contributed by atoms with E-state index in [0.717, 1.165) is 24.8 Å². The van der Waals surface area contributed by atoms with E-state index in [1.807, 2.05) is 6.20 Å². The topological polar surface area (TPSA) is 63.0 Å². The van der Waals surface area contributed by atoms with Gasteiger partial charge in [0.15, 0.2) is 0 Å². The number of benzene rings is 2. The Kier molecular flexibility index (Phi) is 6.43. The van der Waals surface area contributed by atoms with E-state index in [2.05, 4.69) is 77.1 Å². The van der Waals surface area contributed by atoms with Crippen LogP contribution in [0.25, 0.3) is 10.8 Å². The van der Waals surface area contributed by atoms with Gasteiger partial charge in [0.1, 0.15) is 5.82 Å². The van der Waals surface area contributed by atoms with Crippen LogP contribution in [0.5, 0.6) is 0 Å².